The fourth-order valence-corrected chi connectivity index (χ4v) is 3.35. The van der Waals surface area contributed by atoms with E-state index in [-0.39, 0.29) is 24.7 Å². The Balaban J connectivity index is 2.07. The predicted molar refractivity (Wildman–Crippen MR) is 103 cm³/mol. The molecule has 0 saturated carbocycles. The van der Waals surface area contributed by atoms with Crippen molar-refractivity contribution in [2.24, 2.45) is 0 Å². The summed E-state index contributed by atoms with van der Waals surface area (Å²) < 4.78 is 25.3. The second-order valence-electron chi connectivity index (χ2n) is 5.93. The van der Waals surface area contributed by atoms with Gasteiger partial charge in [-0.15, -0.1) is 0 Å². The Morgan fingerprint density at radius 2 is 1.81 bits per heavy atom. The Kier molecular flexibility index (Phi) is 6.32. The van der Waals surface area contributed by atoms with Crippen molar-refractivity contribution in [3.05, 3.63) is 59.7 Å². The number of rotatable bonds is 7. The number of nitriles is 1. The fourth-order valence-electron chi connectivity index (χ4n) is 2.43. The molecule has 0 aliphatic rings. The molecule has 1 amide bonds. The highest BCUT2D eigenvalue weighted by Gasteiger charge is 2.19. The summed E-state index contributed by atoms with van der Waals surface area (Å²) in [6, 6.07) is 14.6. The van der Waals surface area contributed by atoms with E-state index < -0.39 is 10.0 Å². The van der Waals surface area contributed by atoms with Crippen molar-refractivity contribution >= 4 is 33.1 Å². The molecular weight excluding hydrogens is 366 g/mol. The number of nitrogens with one attached hydrogen (secondary N) is 1. The lowest BCUT2D eigenvalue weighted by molar-refractivity contribution is -0.116. The average Bonchev–Trinajstić information content (AvgIpc) is 2.61. The van der Waals surface area contributed by atoms with Gasteiger partial charge in [-0.3, -0.25) is 13.9 Å². The number of carbonyl (C=O) groups excluding carboxylic acids is 2. The predicted octanol–water partition coefficient (Wildman–Crippen LogP) is 2.56. The molecule has 0 atom stereocenters. The SMILES string of the molecule is CC(=O)c1ccc(NC(=O)CCN(c2cccc(C#N)c2)S(C)(=O)=O)cc1. The zero-order valence-corrected chi connectivity index (χ0v) is 15.8. The van der Waals surface area contributed by atoms with E-state index in [9.17, 15) is 18.0 Å². The molecule has 27 heavy (non-hydrogen) atoms. The van der Waals surface area contributed by atoms with E-state index in [1.807, 2.05) is 6.07 Å². The van der Waals surface area contributed by atoms with Crippen molar-refractivity contribution in [1.82, 2.24) is 0 Å². The van der Waals surface area contributed by atoms with E-state index in [2.05, 4.69) is 5.32 Å². The van der Waals surface area contributed by atoms with E-state index in [4.69, 9.17) is 5.26 Å². The van der Waals surface area contributed by atoms with Gasteiger partial charge in [0.25, 0.3) is 0 Å². The maximum absolute atomic E-state index is 12.2. The van der Waals surface area contributed by atoms with E-state index in [1.165, 1.54) is 13.0 Å². The van der Waals surface area contributed by atoms with Gasteiger partial charge in [-0.25, -0.2) is 8.42 Å². The Hall–Kier alpha value is -3.18. The molecule has 1 N–H and O–H groups in total. The van der Waals surface area contributed by atoms with Gasteiger partial charge in [-0.2, -0.15) is 5.26 Å². The highest BCUT2D eigenvalue weighted by Crippen LogP contribution is 2.19. The molecule has 0 aromatic heterocycles. The van der Waals surface area contributed by atoms with Crippen molar-refractivity contribution in [1.29, 1.82) is 5.26 Å². The monoisotopic (exact) mass is 385 g/mol. The minimum Gasteiger partial charge on any atom is -0.326 e. The Morgan fingerprint density at radius 1 is 1.15 bits per heavy atom. The number of hydrogen-bond acceptors (Lipinski definition) is 5. The number of nitrogens with zero attached hydrogens (tertiary/aromatic N) is 2. The maximum Gasteiger partial charge on any atom is 0.232 e. The van der Waals surface area contributed by atoms with Crippen LogP contribution in [0, 0.1) is 11.3 Å². The number of benzene rings is 2. The molecule has 0 spiro atoms. The van der Waals surface area contributed by atoms with Crippen molar-refractivity contribution in [3.63, 3.8) is 0 Å². The summed E-state index contributed by atoms with van der Waals surface area (Å²) in [5.41, 5.74) is 1.71. The zero-order chi connectivity index (χ0) is 20.0. The van der Waals surface area contributed by atoms with Gasteiger partial charge in [0.15, 0.2) is 5.78 Å². The number of Topliss-reactive ketones (excluding diaryl/α,β-unsaturated/α-hetero) is 1. The maximum atomic E-state index is 12.2. The van der Waals surface area contributed by atoms with Crippen LogP contribution in [0.5, 0.6) is 0 Å². The summed E-state index contributed by atoms with van der Waals surface area (Å²) in [7, 11) is -3.62. The molecule has 0 aliphatic heterocycles. The summed E-state index contributed by atoms with van der Waals surface area (Å²) in [6.45, 7) is 1.39. The van der Waals surface area contributed by atoms with E-state index >= 15 is 0 Å². The lowest BCUT2D eigenvalue weighted by Crippen LogP contribution is -2.33. The van der Waals surface area contributed by atoms with Crippen LogP contribution in [-0.4, -0.2) is 32.9 Å². The molecule has 0 bridgehead atoms. The number of sulfonamides is 1. The van der Waals surface area contributed by atoms with Gasteiger partial charge in [-0.05, 0) is 49.4 Å². The van der Waals surface area contributed by atoms with Crippen LogP contribution in [0.1, 0.15) is 29.3 Å². The normalized spacial score (nSPS) is 10.7. The van der Waals surface area contributed by atoms with E-state index in [1.54, 1.807) is 42.5 Å². The lowest BCUT2D eigenvalue weighted by atomic mass is 10.1. The molecule has 140 valence electrons. The summed E-state index contributed by atoms with van der Waals surface area (Å²) in [5, 5.41) is 11.6. The molecule has 2 rings (SSSR count). The molecule has 0 radical (unpaired) electrons. The molecule has 8 heteroatoms. The fraction of sp³-hybridized carbons (Fsp3) is 0.211. The third kappa shape index (κ3) is 5.66. The second kappa shape index (κ2) is 8.47. The van der Waals surface area contributed by atoms with Gasteiger partial charge in [0.05, 0.1) is 23.6 Å². The van der Waals surface area contributed by atoms with Gasteiger partial charge in [0.2, 0.25) is 15.9 Å². The van der Waals surface area contributed by atoms with Crippen molar-refractivity contribution in [3.8, 4) is 6.07 Å². The molecule has 2 aromatic carbocycles. The first-order chi connectivity index (χ1) is 12.7. The highest BCUT2D eigenvalue weighted by molar-refractivity contribution is 7.92. The molecule has 0 unspecified atom stereocenters. The quantitative estimate of drug-likeness (QED) is 0.737. The summed E-state index contributed by atoms with van der Waals surface area (Å²) in [5.74, 6) is -0.438. The number of anilines is 2. The van der Waals surface area contributed by atoms with Crippen LogP contribution in [0.4, 0.5) is 11.4 Å². The third-order valence-corrected chi connectivity index (χ3v) is 4.97. The first kappa shape index (κ1) is 20.1. The lowest BCUT2D eigenvalue weighted by Gasteiger charge is -2.22. The number of carbonyl (C=O) groups is 2. The van der Waals surface area contributed by atoms with Gasteiger partial charge >= 0.3 is 0 Å². The second-order valence-corrected chi connectivity index (χ2v) is 7.84. The van der Waals surface area contributed by atoms with Crippen LogP contribution in [0.15, 0.2) is 48.5 Å². The van der Waals surface area contributed by atoms with Crippen LogP contribution in [-0.2, 0) is 14.8 Å². The molecule has 0 aliphatic carbocycles. The summed E-state index contributed by atoms with van der Waals surface area (Å²) >= 11 is 0. The smallest absolute Gasteiger partial charge is 0.232 e. The van der Waals surface area contributed by atoms with Crippen molar-refractivity contribution in [2.45, 2.75) is 13.3 Å². The van der Waals surface area contributed by atoms with E-state index in [0.29, 0.717) is 22.5 Å². The first-order valence-electron chi connectivity index (χ1n) is 8.09. The highest BCUT2D eigenvalue weighted by atomic mass is 32.2. The Morgan fingerprint density at radius 3 is 2.37 bits per heavy atom. The van der Waals surface area contributed by atoms with Crippen molar-refractivity contribution < 1.29 is 18.0 Å². The molecular formula is C19H19N3O4S. The summed E-state index contributed by atoms with van der Waals surface area (Å²) in [6.07, 6.45) is 0.975. The van der Waals surface area contributed by atoms with Gasteiger partial charge in [0, 0.05) is 24.2 Å². The zero-order valence-electron chi connectivity index (χ0n) is 15.0. The first-order valence-corrected chi connectivity index (χ1v) is 9.94. The van der Waals surface area contributed by atoms with Crippen LogP contribution in [0.3, 0.4) is 0 Å². The standard InChI is InChI=1S/C19H19N3O4S/c1-14(23)16-6-8-17(9-7-16)21-19(24)10-11-22(27(2,25)26)18-5-3-4-15(12-18)13-20/h3-9,12H,10-11H2,1-2H3,(H,21,24). The van der Waals surface area contributed by atoms with Crippen LogP contribution < -0.4 is 9.62 Å². The minimum absolute atomic E-state index is 0.0644. The average molecular weight is 385 g/mol. The molecule has 0 saturated heterocycles. The molecule has 0 fully saturated rings. The number of ketones is 1. The van der Waals surface area contributed by atoms with Gasteiger partial charge in [0.1, 0.15) is 0 Å². The molecule has 2 aromatic rings. The third-order valence-electron chi connectivity index (χ3n) is 3.78. The Bertz CT molecular complexity index is 992. The van der Waals surface area contributed by atoms with Gasteiger partial charge < -0.3 is 5.32 Å². The minimum atomic E-state index is -3.62. The molecule has 7 nitrogen and oxygen atoms in total. The summed E-state index contributed by atoms with van der Waals surface area (Å²) in [4.78, 5) is 23.4. The van der Waals surface area contributed by atoms with Crippen LogP contribution in [0.25, 0.3) is 0 Å². The van der Waals surface area contributed by atoms with Crippen molar-refractivity contribution in [2.75, 3.05) is 22.4 Å². The van der Waals surface area contributed by atoms with Crippen LogP contribution >= 0.6 is 0 Å². The Labute approximate surface area is 158 Å². The number of amides is 1. The molecule has 0 heterocycles. The topological polar surface area (TPSA) is 107 Å². The van der Waals surface area contributed by atoms with Gasteiger partial charge in [-0.1, -0.05) is 6.07 Å². The van der Waals surface area contributed by atoms with Crippen LogP contribution in [0.2, 0.25) is 0 Å². The largest absolute Gasteiger partial charge is 0.326 e. The number of hydrogen-bond donors (Lipinski definition) is 1. The van der Waals surface area contributed by atoms with E-state index in [0.717, 1.165) is 10.6 Å².